The molecule has 14 heavy (non-hydrogen) atoms. The molecular weight excluding hydrogens is 168 g/mol. The van der Waals surface area contributed by atoms with Gasteiger partial charge < -0.3 is 0 Å². The molecule has 0 saturated heterocycles. The summed E-state index contributed by atoms with van der Waals surface area (Å²) < 4.78 is 0. The molecule has 0 heterocycles. The van der Waals surface area contributed by atoms with E-state index >= 15 is 0 Å². The fourth-order valence-electron chi connectivity index (χ4n) is 1.06. The van der Waals surface area contributed by atoms with Gasteiger partial charge in [0, 0.05) is 0 Å². The second kappa shape index (κ2) is 8.06. The van der Waals surface area contributed by atoms with Gasteiger partial charge in [-0.25, -0.2) is 0 Å². The van der Waals surface area contributed by atoms with Gasteiger partial charge in [-0.15, -0.1) is 0 Å². The van der Waals surface area contributed by atoms with Crippen LogP contribution >= 0.6 is 0 Å². The van der Waals surface area contributed by atoms with Gasteiger partial charge in [0.1, 0.15) is 0 Å². The molecule has 1 aliphatic carbocycles. The maximum Gasteiger partial charge on any atom is -0.0313 e. The molecule has 0 aromatic rings. The first-order valence-electron chi connectivity index (χ1n) is 4.98. The van der Waals surface area contributed by atoms with Crippen LogP contribution in [0.15, 0.2) is 72.9 Å². The van der Waals surface area contributed by atoms with Gasteiger partial charge in [0.2, 0.25) is 0 Å². The van der Waals surface area contributed by atoms with E-state index in [2.05, 4.69) is 36.5 Å². The molecule has 1 aliphatic rings. The summed E-state index contributed by atoms with van der Waals surface area (Å²) in [5, 5.41) is 0. The first kappa shape index (κ1) is 10.5. The summed E-state index contributed by atoms with van der Waals surface area (Å²) in [7, 11) is 0. The third-order valence-electron chi connectivity index (χ3n) is 1.77. The van der Waals surface area contributed by atoms with Gasteiger partial charge in [0.25, 0.3) is 0 Å². The molecule has 0 spiro atoms. The van der Waals surface area contributed by atoms with Crippen LogP contribution in [-0.4, -0.2) is 0 Å². The number of rotatable bonds is 0. The monoisotopic (exact) mass is 184 g/mol. The largest absolute Gasteiger partial charge is 0.0842 e. The van der Waals surface area contributed by atoms with E-state index in [1.165, 1.54) is 0 Å². The van der Waals surface area contributed by atoms with Gasteiger partial charge in [0.15, 0.2) is 0 Å². The van der Waals surface area contributed by atoms with Gasteiger partial charge in [-0.3, -0.25) is 0 Å². The van der Waals surface area contributed by atoms with Crippen molar-refractivity contribution in [3.05, 3.63) is 72.9 Å². The second-order valence-corrected chi connectivity index (χ2v) is 2.97. The highest BCUT2D eigenvalue weighted by Gasteiger charge is 1.74. The van der Waals surface area contributed by atoms with Crippen LogP contribution in [0.4, 0.5) is 0 Å². The zero-order valence-corrected chi connectivity index (χ0v) is 8.34. The molecule has 0 aromatic heterocycles. The van der Waals surface area contributed by atoms with E-state index in [1.54, 1.807) is 0 Å². The van der Waals surface area contributed by atoms with Crippen LogP contribution in [0.3, 0.4) is 0 Å². The predicted molar refractivity (Wildman–Crippen MR) is 64.1 cm³/mol. The zero-order chi connectivity index (χ0) is 9.90. The highest BCUT2D eigenvalue weighted by atomic mass is 13.8. The number of hydrogen-bond donors (Lipinski definition) is 0. The van der Waals surface area contributed by atoms with Crippen molar-refractivity contribution in [3.63, 3.8) is 0 Å². The summed E-state index contributed by atoms with van der Waals surface area (Å²) >= 11 is 0. The Bertz CT molecular complexity index is 264. The van der Waals surface area contributed by atoms with E-state index in [0.717, 1.165) is 12.8 Å². The Hall–Kier alpha value is -1.56. The Morgan fingerprint density at radius 1 is 0.357 bits per heavy atom. The smallest absolute Gasteiger partial charge is 0.0313 e. The minimum atomic E-state index is 1.11. The molecule has 0 aliphatic heterocycles. The molecule has 0 radical (unpaired) electrons. The summed E-state index contributed by atoms with van der Waals surface area (Å²) in [6, 6.07) is 0. The SMILES string of the molecule is C1=C/C=C/C=C\CC/C=C/C=C/C=C1. The molecule has 0 bridgehead atoms. The zero-order valence-electron chi connectivity index (χ0n) is 8.34. The van der Waals surface area contributed by atoms with Gasteiger partial charge in [-0.1, -0.05) is 72.9 Å². The normalized spacial score (nSPS) is 26.3. The number of hydrogen-bond acceptors (Lipinski definition) is 0. The molecule has 0 unspecified atom stereocenters. The molecule has 0 saturated carbocycles. The lowest BCUT2D eigenvalue weighted by atomic mass is 10.2. The van der Waals surface area contributed by atoms with Crippen LogP contribution < -0.4 is 0 Å². The van der Waals surface area contributed by atoms with Crippen molar-refractivity contribution in [3.8, 4) is 0 Å². The third-order valence-corrected chi connectivity index (χ3v) is 1.77. The van der Waals surface area contributed by atoms with Gasteiger partial charge in [-0.05, 0) is 12.8 Å². The van der Waals surface area contributed by atoms with Crippen molar-refractivity contribution in [2.75, 3.05) is 0 Å². The highest BCUT2D eigenvalue weighted by molar-refractivity contribution is 5.19. The fourth-order valence-corrected chi connectivity index (χ4v) is 1.06. The van der Waals surface area contributed by atoms with E-state index in [0.29, 0.717) is 0 Å². The van der Waals surface area contributed by atoms with Crippen LogP contribution in [-0.2, 0) is 0 Å². The summed E-state index contributed by atoms with van der Waals surface area (Å²) in [4.78, 5) is 0. The van der Waals surface area contributed by atoms with E-state index in [9.17, 15) is 0 Å². The third kappa shape index (κ3) is 6.01. The van der Waals surface area contributed by atoms with Crippen LogP contribution in [0, 0.1) is 0 Å². The Kier molecular flexibility index (Phi) is 6.05. The molecule has 1 rings (SSSR count). The van der Waals surface area contributed by atoms with Crippen molar-refractivity contribution in [1.82, 2.24) is 0 Å². The molecule has 0 aromatic carbocycles. The summed E-state index contributed by atoms with van der Waals surface area (Å²) in [6.45, 7) is 0. The van der Waals surface area contributed by atoms with Crippen molar-refractivity contribution < 1.29 is 0 Å². The van der Waals surface area contributed by atoms with Crippen LogP contribution in [0.2, 0.25) is 0 Å². The topological polar surface area (TPSA) is 0 Å². The molecule has 0 atom stereocenters. The minimum Gasteiger partial charge on any atom is -0.0842 e. The lowest BCUT2D eigenvalue weighted by molar-refractivity contribution is 1.05. The molecule has 0 amide bonds. The Morgan fingerprint density at radius 3 is 1.00 bits per heavy atom. The predicted octanol–water partition coefficient (Wildman–Crippen LogP) is 4.12. The molecule has 0 heteroatoms. The summed E-state index contributed by atoms with van der Waals surface area (Å²) in [6.07, 6.45) is 27.0. The van der Waals surface area contributed by atoms with Crippen molar-refractivity contribution in [2.24, 2.45) is 0 Å². The van der Waals surface area contributed by atoms with Crippen LogP contribution in [0.5, 0.6) is 0 Å². The molecule has 0 nitrogen and oxygen atoms in total. The van der Waals surface area contributed by atoms with Crippen molar-refractivity contribution in [2.45, 2.75) is 12.8 Å². The van der Waals surface area contributed by atoms with E-state index in [4.69, 9.17) is 0 Å². The molecule has 0 N–H and O–H groups in total. The Labute approximate surface area is 86.3 Å². The average molecular weight is 184 g/mol. The average Bonchev–Trinajstić information content (AvgIpc) is 2.22. The fraction of sp³-hybridized carbons (Fsp3) is 0.143. The maximum absolute atomic E-state index is 2.18. The van der Waals surface area contributed by atoms with Gasteiger partial charge in [-0.2, -0.15) is 0 Å². The van der Waals surface area contributed by atoms with Gasteiger partial charge in [0.05, 0.1) is 0 Å². The van der Waals surface area contributed by atoms with Crippen LogP contribution in [0.1, 0.15) is 12.8 Å². The Morgan fingerprint density at radius 2 is 0.643 bits per heavy atom. The molecule has 0 fully saturated rings. The molecular formula is C14H16. The van der Waals surface area contributed by atoms with E-state index in [1.807, 2.05) is 36.5 Å². The van der Waals surface area contributed by atoms with E-state index in [-0.39, 0.29) is 0 Å². The summed E-state index contributed by atoms with van der Waals surface area (Å²) in [5.41, 5.74) is 0. The van der Waals surface area contributed by atoms with Crippen LogP contribution in [0.25, 0.3) is 0 Å². The van der Waals surface area contributed by atoms with Crippen molar-refractivity contribution >= 4 is 0 Å². The first-order chi connectivity index (χ1) is 7.00. The van der Waals surface area contributed by atoms with Gasteiger partial charge >= 0.3 is 0 Å². The maximum atomic E-state index is 2.18. The summed E-state index contributed by atoms with van der Waals surface area (Å²) in [5.74, 6) is 0. The quantitative estimate of drug-likeness (QED) is 0.531. The molecule has 72 valence electrons. The second-order valence-electron chi connectivity index (χ2n) is 2.97. The lowest BCUT2D eigenvalue weighted by Crippen LogP contribution is -1.63. The lowest BCUT2D eigenvalue weighted by Gasteiger charge is -1.84. The highest BCUT2D eigenvalue weighted by Crippen LogP contribution is 1.94. The van der Waals surface area contributed by atoms with Crippen molar-refractivity contribution in [1.29, 1.82) is 0 Å². The minimum absolute atomic E-state index is 1.11. The van der Waals surface area contributed by atoms with E-state index < -0.39 is 0 Å². The number of allylic oxidation sites excluding steroid dienone is 12. The Balaban J connectivity index is 2.56. The standard InChI is InChI=1S/C14H16/c1-2-4-6-8-10-12-14-13-11-9-7-5-3-1/h1-12H,13-14H2/b3-1?,4-2?,7-5+,8-6+,11-9-,12-10+. The first-order valence-corrected chi connectivity index (χ1v) is 4.98.